The zero-order valence-corrected chi connectivity index (χ0v) is 11.1. The molecular weight excluding hydrogens is 246 g/mol. The van der Waals surface area contributed by atoms with Gasteiger partial charge < -0.3 is 9.84 Å². The topological polar surface area (TPSA) is 92.7 Å². The molecule has 1 unspecified atom stereocenters. The quantitative estimate of drug-likeness (QED) is 0.560. The van der Waals surface area contributed by atoms with Crippen LogP contribution in [0.15, 0.2) is 0 Å². The van der Waals surface area contributed by atoms with Gasteiger partial charge in [0.15, 0.2) is 0 Å². The molecule has 0 aliphatic rings. The molecule has 102 valence electrons. The van der Waals surface area contributed by atoms with E-state index in [1.54, 1.807) is 6.92 Å². The highest BCUT2D eigenvalue weighted by atomic mass is 32.2. The van der Waals surface area contributed by atoms with Crippen molar-refractivity contribution in [3.05, 3.63) is 0 Å². The highest BCUT2D eigenvalue weighted by Crippen LogP contribution is 2.04. The Kier molecular flexibility index (Phi) is 8.11. The number of hydrogen-bond acceptors (Lipinski definition) is 4. The largest absolute Gasteiger partial charge is 0.481 e. The van der Waals surface area contributed by atoms with Gasteiger partial charge in [0.25, 0.3) is 0 Å². The number of aliphatic carboxylic acids is 1. The van der Waals surface area contributed by atoms with Crippen molar-refractivity contribution in [3.8, 4) is 0 Å². The molecule has 0 saturated heterocycles. The molecule has 0 spiro atoms. The first-order chi connectivity index (χ1) is 7.87. The van der Waals surface area contributed by atoms with E-state index in [0.717, 1.165) is 0 Å². The normalized spacial score (nSPS) is 13.5. The second-order valence-corrected chi connectivity index (χ2v) is 5.83. The van der Waals surface area contributed by atoms with E-state index in [1.165, 1.54) is 0 Å². The highest BCUT2D eigenvalue weighted by molar-refractivity contribution is 7.89. The minimum atomic E-state index is -3.31. The molecule has 0 aliphatic carbocycles. The first-order valence-electron chi connectivity index (χ1n) is 5.64. The zero-order valence-electron chi connectivity index (χ0n) is 10.3. The second kappa shape index (κ2) is 8.43. The van der Waals surface area contributed by atoms with Crippen LogP contribution in [0.5, 0.6) is 0 Å². The summed E-state index contributed by atoms with van der Waals surface area (Å²) in [5.74, 6) is -0.920. The SMILES string of the molecule is CCOCCS(=O)(=O)NCC(C)CCC(=O)O. The molecule has 1 atom stereocenters. The highest BCUT2D eigenvalue weighted by Gasteiger charge is 2.12. The van der Waals surface area contributed by atoms with Crippen molar-refractivity contribution in [1.29, 1.82) is 0 Å². The fourth-order valence-electron chi connectivity index (χ4n) is 1.13. The zero-order chi connectivity index (χ0) is 13.3. The summed E-state index contributed by atoms with van der Waals surface area (Å²) in [4.78, 5) is 10.3. The van der Waals surface area contributed by atoms with Gasteiger partial charge in [0.2, 0.25) is 10.0 Å². The van der Waals surface area contributed by atoms with E-state index in [1.807, 2.05) is 6.92 Å². The van der Waals surface area contributed by atoms with Crippen molar-refractivity contribution in [2.24, 2.45) is 5.92 Å². The molecule has 0 bridgehead atoms. The van der Waals surface area contributed by atoms with Gasteiger partial charge in [-0.2, -0.15) is 0 Å². The number of carboxylic acid groups (broad SMARTS) is 1. The smallest absolute Gasteiger partial charge is 0.303 e. The fraction of sp³-hybridized carbons (Fsp3) is 0.900. The van der Waals surface area contributed by atoms with Crippen LogP contribution in [0, 0.1) is 5.92 Å². The molecule has 0 aromatic heterocycles. The number of sulfonamides is 1. The maximum absolute atomic E-state index is 11.4. The third-order valence-electron chi connectivity index (χ3n) is 2.20. The van der Waals surface area contributed by atoms with Crippen molar-refractivity contribution in [2.75, 3.05) is 25.5 Å². The summed E-state index contributed by atoms with van der Waals surface area (Å²) in [5, 5.41) is 8.48. The minimum Gasteiger partial charge on any atom is -0.481 e. The van der Waals surface area contributed by atoms with Crippen LogP contribution >= 0.6 is 0 Å². The molecule has 17 heavy (non-hydrogen) atoms. The summed E-state index contributed by atoms with van der Waals surface area (Å²) in [5.41, 5.74) is 0. The van der Waals surface area contributed by atoms with Gasteiger partial charge in [-0.15, -0.1) is 0 Å². The molecule has 7 heteroatoms. The Balaban J connectivity index is 3.80. The lowest BCUT2D eigenvalue weighted by Gasteiger charge is -2.11. The maximum atomic E-state index is 11.4. The molecule has 0 aromatic carbocycles. The number of carboxylic acids is 1. The Morgan fingerprint density at radius 3 is 2.65 bits per heavy atom. The van der Waals surface area contributed by atoms with E-state index in [0.29, 0.717) is 13.0 Å². The monoisotopic (exact) mass is 267 g/mol. The Morgan fingerprint density at radius 2 is 2.12 bits per heavy atom. The van der Waals surface area contributed by atoms with Crippen LogP contribution < -0.4 is 4.72 Å². The van der Waals surface area contributed by atoms with Gasteiger partial charge in [-0.3, -0.25) is 4.79 Å². The molecular formula is C10H21NO5S. The summed E-state index contributed by atoms with van der Waals surface area (Å²) in [6.45, 7) is 4.55. The molecule has 0 rings (SSSR count). The summed E-state index contributed by atoms with van der Waals surface area (Å²) < 4.78 is 30.3. The molecule has 0 amide bonds. The van der Waals surface area contributed by atoms with Crippen molar-refractivity contribution >= 4 is 16.0 Å². The van der Waals surface area contributed by atoms with E-state index >= 15 is 0 Å². The summed E-state index contributed by atoms with van der Waals surface area (Å²) in [6, 6.07) is 0. The summed E-state index contributed by atoms with van der Waals surface area (Å²) in [6.07, 6.45) is 0.519. The lowest BCUT2D eigenvalue weighted by molar-refractivity contribution is -0.137. The van der Waals surface area contributed by atoms with Crippen LogP contribution in [-0.2, 0) is 19.6 Å². The predicted octanol–water partition coefficient (Wildman–Crippen LogP) is 0.443. The van der Waals surface area contributed by atoms with Crippen molar-refractivity contribution < 1.29 is 23.1 Å². The van der Waals surface area contributed by atoms with Crippen LogP contribution in [0.1, 0.15) is 26.7 Å². The van der Waals surface area contributed by atoms with Gasteiger partial charge in [0, 0.05) is 19.6 Å². The van der Waals surface area contributed by atoms with Gasteiger partial charge in [-0.05, 0) is 19.3 Å². The van der Waals surface area contributed by atoms with E-state index in [9.17, 15) is 13.2 Å². The third-order valence-corrected chi connectivity index (χ3v) is 3.51. The van der Waals surface area contributed by atoms with Gasteiger partial charge in [0.1, 0.15) is 0 Å². The van der Waals surface area contributed by atoms with E-state index in [4.69, 9.17) is 9.84 Å². The Morgan fingerprint density at radius 1 is 1.47 bits per heavy atom. The van der Waals surface area contributed by atoms with Gasteiger partial charge in [-0.1, -0.05) is 6.92 Å². The Hall–Kier alpha value is -0.660. The predicted molar refractivity (Wildman–Crippen MR) is 64.3 cm³/mol. The molecule has 0 saturated carbocycles. The van der Waals surface area contributed by atoms with Crippen molar-refractivity contribution in [3.63, 3.8) is 0 Å². The number of carbonyl (C=O) groups is 1. The Labute approximate surface area is 102 Å². The average molecular weight is 267 g/mol. The molecule has 6 nitrogen and oxygen atoms in total. The molecule has 0 aliphatic heterocycles. The lowest BCUT2D eigenvalue weighted by atomic mass is 10.1. The molecule has 0 fully saturated rings. The van der Waals surface area contributed by atoms with Crippen molar-refractivity contribution in [2.45, 2.75) is 26.7 Å². The number of rotatable bonds is 10. The van der Waals surface area contributed by atoms with E-state index < -0.39 is 16.0 Å². The molecule has 0 radical (unpaired) electrons. The first kappa shape index (κ1) is 16.3. The summed E-state index contributed by atoms with van der Waals surface area (Å²) in [7, 11) is -3.31. The number of nitrogens with one attached hydrogen (secondary N) is 1. The molecule has 0 heterocycles. The minimum absolute atomic E-state index is 0.00738. The van der Waals surface area contributed by atoms with Crippen LogP contribution in [0.25, 0.3) is 0 Å². The second-order valence-electron chi connectivity index (χ2n) is 3.90. The molecule has 2 N–H and O–H groups in total. The van der Waals surface area contributed by atoms with Crippen LogP contribution in [0.4, 0.5) is 0 Å². The van der Waals surface area contributed by atoms with Gasteiger partial charge >= 0.3 is 5.97 Å². The van der Waals surface area contributed by atoms with Crippen LogP contribution in [0.2, 0.25) is 0 Å². The third kappa shape index (κ3) is 10.2. The van der Waals surface area contributed by atoms with Crippen molar-refractivity contribution in [1.82, 2.24) is 4.72 Å². The van der Waals surface area contributed by atoms with Gasteiger partial charge in [0.05, 0.1) is 12.4 Å². The lowest BCUT2D eigenvalue weighted by Crippen LogP contribution is -2.32. The number of ether oxygens (including phenoxy) is 1. The average Bonchev–Trinajstić information content (AvgIpc) is 2.24. The first-order valence-corrected chi connectivity index (χ1v) is 7.29. The number of hydrogen-bond donors (Lipinski definition) is 2. The van der Waals surface area contributed by atoms with E-state index in [2.05, 4.69) is 4.72 Å². The van der Waals surface area contributed by atoms with Gasteiger partial charge in [-0.25, -0.2) is 13.1 Å². The molecule has 0 aromatic rings. The maximum Gasteiger partial charge on any atom is 0.303 e. The summed E-state index contributed by atoms with van der Waals surface area (Å²) >= 11 is 0. The van der Waals surface area contributed by atoms with E-state index in [-0.39, 0.29) is 31.2 Å². The fourth-order valence-corrected chi connectivity index (χ4v) is 2.15. The van der Waals surface area contributed by atoms with Crippen LogP contribution in [-0.4, -0.2) is 45.0 Å². The Bertz CT molecular complexity index is 315. The standard InChI is InChI=1S/C10H21NO5S/c1-3-16-6-7-17(14,15)11-8-9(2)4-5-10(12)13/h9,11H,3-8H2,1-2H3,(H,12,13). The van der Waals surface area contributed by atoms with Crippen LogP contribution in [0.3, 0.4) is 0 Å².